The molecule has 0 bridgehead atoms. The Morgan fingerprint density at radius 3 is 2.65 bits per heavy atom. The van der Waals surface area contributed by atoms with Crippen LogP contribution in [0.15, 0.2) is 10.4 Å². The number of likely N-dealkylation sites (tertiary alicyclic amines) is 1. The normalized spacial score (nSPS) is 19.8. The number of thiazole rings is 1. The number of rotatable bonds is 5. The maximum absolute atomic E-state index is 12.5. The summed E-state index contributed by atoms with van der Waals surface area (Å²) >= 11 is 0.859. The van der Waals surface area contributed by atoms with Crippen LogP contribution in [0.2, 0.25) is 0 Å². The van der Waals surface area contributed by atoms with E-state index in [1.165, 1.54) is 4.90 Å². The van der Waals surface area contributed by atoms with Crippen LogP contribution in [0.25, 0.3) is 0 Å². The lowest BCUT2D eigenvalue weighted by Crippen LogP contribution is -2.45. The third kappa shape index (κ3) is 6.63. The highest BCUT2D eigenvalue weighted by molar-refractivity contribution is 7.09. The average molecular weight is 403 g/mol. The largest absolute Gasteiger partial charge is 0.434 e. The molecule has 1 aliphatic rings. The van der Waals surface area contributed by atoms with Crippen molar-refractivity contribution in [1.82, 2.24) is 20.5 Å². The minimum Gasteiger partial charge on any atom is -0.357 e. The van der Waals surface area contributed by atoms with Gasteiger partial charge in [-0.1, -0.05) is 0 Å². The topological polar surface area (TPSA) is 52.6 Å². The van der Waals surface area contributed by atoms with Crippen LogP contribution >= 0.6 is 11.3 Å². The van der Waals surface area contributed by atoms with Crippen LogP contribution in [0.1, 0.15) is 24.0 Å². The number of hydrogen-bond donors (Lipinski definition) is 2. The number of halogens is 6. The summed E-state index contributed by atoms with van der Waals surface area (Å²) in [5.41, 5.74) is -0.954. The van der Waals surface area contributed by atoms with Gasteiger partial charge in [-0.2, -0.15) is 26.3 Å². The Labute approximate surface area is 150 Å². The Balaban J connectivity index is 1.92. The van der Waals surface area contributed by atoms with Crippen molar-refractivity contribution in [3.63, 3.8) is 0 Å². The predicted molar refractivity (Wildman–Crippen MR) is 86.0 cm³/mol. The van der Waals surface area contributed by atoms with E-state index in [0.29, 0.717) is 25.5 Å². The van der Waals surface area contributed by atoms with Crippen molar-refractivity contribution in [1.29, 1.82) is 0 Å². The molecule has 2 heterocycles. The molecule has 148 valence electrons. The summed E-state index contributed by atoms with van der Waals surface area (Å²) < 4.78 is 74.9. The molecule has 2 rings (SSSR count). The first kappa shape index (κ1) is 20.7. The highest BCUT2D eigenvalue weighted by Crippen LogP contribution is 2.30. The fraction of sp³-hybridized carbons (Fsp3) is 0.714. The van der Waals surface area contributed by atoms with E-state index < -0.39 is 24.6 Å². The molecule has 1 saturated heterocycles. The van der Waals surface area contributed by atoms with Crippen molar-refractivity contribution in [2.75, 3.05) is 26.2 Å². The van der Waals surface area contributed by atoms with Gasteiger partial charge in [-0.05, 0) is 13.3 Å². The Bertz CT molecular complexity index is 612. The van der Waals surface area contributed by atoms with E-state index in [0.717, 1.165) is 16.7 Å². The minimum atomic E-state index is -4.49. The Hall–Kier alpha value is -1.56. The van der Waals surface area contributed by atoms with Gasteiger partial charge < -0.3 is 10.6 Å². The molecule has 0 saturated carbocycles. The molecule has 1 atom stereocenters. The molecule has 5 nitrogen and oxygen atoms in total. The number of nitrogens with one attached hydrogen (secondary N) is 2. The van der Waals surface area contributed by atoms with Crippen LogP contribution < -0.4 is 10.6 Å². The third-order valence-electron chi connectivity index (χ3n) is 3.57. The fourth-order valence-corrected chi connectivity index (χ4v) is 3.25. The van der Waals surface area contributed by atoms with Crippen molar-refractivity contribution in [3.05, 3.63) is 16.1 Å². The molecule has 2 N–H and O–H groups in total. The highest BCUT2D eigenvalue weighted by Gasteiger charge is 2.35. The maximum Gasteiger partial charge on any atom is 0.434 e. The van der Waals surface area contributed by atoms with E-state index >= 15 is 0 Å². The Kier molecular flexibility index (Phi) is 6.72. The van der Waals surface area contributed by atoms with Crippen LogP contribution in [0.5, 0.6) is 0 Å². The third-order valence-corrected chi connectivity index (χ3v) is 4.41. The summed E-state index contributed by atoms with van der Waals surface area (Å²) in [6, 6.07) is -0.211. The quantitative estimate of drug-likeness (QED) is 0.451. The van der Waals surface area contributed by atoms with Crippen molar-refractivity contribution >= 4 is 17.3 Å². The zero-order chi connectivity index (χ0) is 19.4. The standard InChI is InChI=1S/C14H19F6N5S/c1-2-21-12(22-5-11-24-10(7-26-11)14(18,19)20)23-9-3-4-25(6-9)8-13(15,16)17/h7,9H,2-6,8H2,1H3,(H2,21,22,23). The molecule has 26 heavy (non-hydrogen) atoms. The summed E-state index contributed by atoms with van der Waals surface area (Å²) in [7, 11) is 0. The van der Waals surface area contributed by atoms with Gasteiger partial charge in [-0.15, -0.1) is 11.3 Å². The molecule has 12 heteroatoms. The van der Waals surface area contributed by atoms with Gasteiger partial charge in [0.1, 0.15) is 5.01 Å². The van der Waals surface area contributed by atoms with Gasteiger partial charge in [0.2, 0.25) is 0 Å². The first-order valence-corrected chi connectivity index (χ1v) is 8.80. The Morgan fingerprint density at radius 1 is 1.35 bits per heavy atom. The van der Waals surface area contributed by atoms with Crippen molar-refractivity contribution in [2.24, 2.45) is 4.99 Å². The average Bonchev–Trinajstić information content (AvgIpc) is 3.12. The molecule has 0 aliphatic carbocycles. The van der Waals surface area contributed by atoms with Gasteiger partial charge in [0.15, 0.2) is 11.7 Å². The molecule has 0 amide bonds. The van der Waals surface area contributed by atoms with E-state index in [1.54, 1.807) is 0 Å². The van der Waals surface area contributed by atoms with Crippen molar-refractivity contribution in [3.8, 4) is 0 Å². The summed E-state index contributed by atoms with van der Waals surface area (Å²) in [5.74, 6) is 0.343. The molecule has 0 spiro atoms. The molecule has 1 fully saturated rings. The van der Waals surface area contributed by atoms with Crippen LogP contribution in [-0.2, 0) is 12.7 Å². The molecule has 1 unspecified atom stereocenters. The number of hydrogen-bond acceptors (Lipinski definition) is 4. The lowest BCUT2D eigenvalue weighted by molar-refractivity contribution is -0.143. The first-order chi connectivity index (χ1) is 12.1. The second-order valence-electron chi connectivity index (χ2n) is 5.80. The van der Waals surface area contributed by atoms with Crippen LogP contribution in [0.4, 0.5) is 26.3 Å². The van der Waals surface area contributed by atoms with Crippen LogP contribution in [0, 0.1) is 0 Å². The van der Waals surface area contributed by atoms with Gasteiger partial charge in [-0.25, -0.2) is 9.98 Å². The van der Waals surface area contributed by atoms with Gasteiger partial charge in [0, 0.05) is 31.1 Å². The number of aromatic nitrogens is 1. The van der Waals surface area contributed by atoms with Gasteiger partial charge in [0.05, 0.1) is 13.1 Å². The number of guanidine groups is 1. The minimum absolute atomic E-state index is 0.0466. The van der Waals surface area contributed by atoms with E-state index in [1.807, 2.05) is 6.92 Å². The van der Waals surface area contributed by atoms with Crippen molar-refractivity contribution in [2.45, 2.75) is 38.3 Å². The summed E-state index contributed by atoms with van der Waals surface area (Å²) in [5, 5.41) is 7.09. The van der Waals surface area contributed by atoms with Gasteiger partial charge in [0.25, 0.3) is 0 Å². The zero-order valence-corrected chi connectivity index (χ0v) is 14.7. The molecule has 0 radical (unpaired) electrons. The fourth-order valence-electron chi connectivity index (χ4n) is 2.52. The summed E-state index contributed by atoms with van der Waals surface area (Å²) in [6.45, 7) is 1.86. The van der Waals surface area contributed by atoms with E-state index in [2.05, 4.69) is 20.6 Å². The second kappa shape index (κ2) is 8.42. The monoisotopic (exact) mass is 403 g/mol. The lowest BCUT2D eigenvalue weighted by Gasteiger charge is -2.19. The smallest absolute Gasteiger partial charge is 0.357 e. The second-order valence-corrected chi connectivity index (χ2v) is 6.74. The molecule has 0 aromatic carbocycles. The molecule has 1 aliphatic heterocycles. The Morgan fingerprint density at radius 2 is 2.08 bits per heavy atom. The number of aliphatic imine (C=N–C) groups is 1. The van der Waals surface area contributed by atoms with Crippen molar-refractivity contribution < 1.29 is 26.3 Å². The number of nitrogens with zero attached hydrogens (tertiary/aromatic N) is 3. The van der Waals surface area contributed by atoms with Gasteiger partial charge >= 0.3 is 12.4 Å². The molecule has 1 aromatic rings. The van der Waals surface area contributed by atoms with E-state index in [4.69, 9.17) is 0 Å². The van der Waals surface area contributed by atoms with E-state index in [-0.39, 0.29) is 24.1 Å². The number of alkyl halides is 6. The van der Waals surface area contributed by atoms with Crippen LogP contribution in [0.3, 0.4) is 0 Å². The van der Waals surface area contributed by atoms with Gasteiger partial charge in [-0.3, -0.25) is 4.90 Å². The molecule has 1 aromatic heterocycles. The van der Waals surface area contributed by atoms with Crippen LogP contribution in [-0.4, -0.2) is 54.2 Å². The first-order valence-electron chi connectivity index (χ1n) is 7.92. The van der Waals surface area contributed by atoms with E-state index in [9.17, 15) is 26.3 Å². The zero-order valence-electron chi connectivity index (χ0n) is 13.9. The maximum atomic E-state index is 12.5. The lowest BCUT2D eigenvalue weighted by atomic mass is 10.3. The summed E-state index contributed by atoms with van der Waals surface area (Å²) in [6.07, 6.45) is -8.21. The molecular weight excluding hydrogens is 384 g/mol. The summed E-state index contributed by atoms with van der Waals surface area (Å²) in [4.78, 5) is 8.98. The predicted octanol–water partition coefficient (Wildman–Crippen LogP) is 2.85. The SMILES string of the molecule is CCNC(=NCc1nc(C(F)(F)F)cs1)NC1CCN(CC(F)(F)F)C1. The molecular formula is C14H19F6N5S. The highest BCUT2D eigenvalue weighted by atomic mass is 32.1.